The van der Waals surface area contributed by atoms with Crippen LogP contribution in [-0.2, 0) is 0 Å². The lowest BCUT2D eigenvalue weighted by Gasteiger charge is -2.29. The second kappa shape index (κ2) is 5.05. The number of nitrogens with zero attached hydrogens (tertiary/aromatic N) is 2. The van der Waals surface area contributed by atoms with Gasteiger partial charge in [0.1, 0.15) is 0 Å². The van der Waals surface area contributed by atoms with Crippen LogP contribution in [0.15, 0.2) is 18.3 Å². The summed E-state index contributed by atoms with van der Waals surface area (Å²) in [4.78, 5) is 6.88. The number of anilines is 1. The van der Waals surface area contributed by atoms with Gasteiger partial charge in [-0.1, -0.05) is 0 Å². The Kier molecular flexibility index (Phi) is 3.67. The molecule has 3 nitrogen and oxygen atoms in total. The Morgan fingerprint density at radius 3 is 2.47 bits per heavy atom. The molecular formula is C14H23N3. The van der Waals surface area contributed by atoms with E-state index in [1.807, 2.05) is 19.2 Å². The van der Waals surface area contributed by atoms with E-state index in [4.69, 9.17) is 5.73 Å². The van der Waals surface area contributed by atoms with Crippen LogP contribution in [0.25, 0.3) is 0 Å². The van der Waals surface area contributed by atoms with Crippen molar-refractivity contribution in [3.63, 3.8) is 0 Å². The highest BCUT2D eigenvalue weighted by molar-refractivity contribution is 5.46. The Balaban J connectivity index is 2.11. The third-order valence-electron chi connectivity index (χ3n) is 3.34. The minimum atomic E-state index is 0.0139. The van der Waals surface area contributed by atoms with Gasteiger partial charge in [0.15, 0.2) is 0 Å². The molecule has 1 heterocycles. The Morgan fingerprint density at radius 2 is 2.06 bits per heavy atom. The lowest BCUT2D eigenvalue weighted by Crippen LogP contribution is -2.32. The van der Waals surface area contributed by atoms with E-state index in [1.54, 1.807) is 0 Å². The molecule has 94 valence electrons. The van der Waals surface area contributed by atoms with E-state index < -0.39 is 0 Å². The van der Waals surface area contributed by atoms with Crippen LogP contribution in [0, 0.1) is 5.92 Å². The molecule has 0 aromatic carbocycles. The standard InChI is InChI=1S/C14H23N3/c1-10(2)17(9-12-4-5-12)13-6-7-14(11(3)15)16-8-13/h6-8,10-12H,4-5,9,15H2,1-3H3/t11-/m0/s1. The van der Waals surface area contributed by atoms with Gasteiger partial charge in [-0.2, -0.15) is 0 Å². The minimum absolute atomic E-state index is 0.0139. The van der Waals surface area contributed by atoms with Crippen LogP contribution in [0.2, 0.25) is 0 Å². The van der Waals surface area contributed by atoms with Gasteiger partial charge in [-0.15, -0.1) is 0 Å². The lowest BCUT2D eigenvalue weighted by molar-refractivity contribution is 0.642. The van der Waals surface area contributed by atoms with Crippen molar-refractivity contribution in [2.24, 2.45) is 11.7 Å². The first kappa shape index (κ1) is 12.4. The van der Waals surface area contributed by atoms with Crippen molar-refractivity contribution in [1.29, 1.82) is 0 Å². The molecule has 2 N–H and O–H groups in total. The van der Waals surface area contributed by atoms with Gasteiger partial charge in [-0.25, -0.2) is 0 Å². The van der Waals surface area contributed by atoms with Gasteiger partial charge in [-0.3, -0.25) is 4.98 Å². The highest BCUT2D eigenvalue weighted by Crippen LogP contribution is 2.32. The van der Waals surface area contributed by atoms with Crippen molar-refractivity contribution < 1.29 is 0 Å². The van der Waals surface area contributed by atoms with Crippen molar-refractivity contribution in [2.75, 3.05) is 11.4 Å². The molecule has 0 amide bonds. The number of pyridine rings is 1. The van der Waals surface area contributed by atoms with Crippen LogP contribution in [0.3, 0.4) is 0 Å². The maximum Gasteiger partial charge on any atom is 0.0569 e. The van der Waals surface area contributed by atoms with E-state index >= 15 is 0 Å². The molecule has 1 aliphatic carbocycles. The quantitative estimate of drug-likeness (QED) is 0.850. The molecule has 0 saturated heterocycles. The van der Waals surface area contributed by atoms with Gasteiger partial charge in [0, 0.05) is 18.6 Å². The Bertz CT molecular complexity index is 352. The zero-order valence-corrected chi connectivity index (χ0v) is 11.1. The molecule has 0 spiro atoms. The average molecular weight is 233 g/mol. The molecule has 3 heteroatoms. The second-order valence-corrected chi connectivity index (χ2v) is 5.42. The summed E-state index contributed by atoms with van der Waals surface area (Å²) in [7, 11) is 0. The summed E-state index contributed by atoms with van der Waals surface area (Å²) in [5.41, 5.74) is 8.00. The van der Waals surface area contributed by atoms with Gasteiger partial charge in [0.05, 0.1) is 17.6 Å². The molecule has 0 bridgehead atoms. The van der Waals surface area contributed by atoms with Crippen LogP contribution >= 0.6 is 0 Å². The summed E-state index contributed by atoms with van der Waals surface area (Å²) >= 11 is 0. The molecule has 0 radical (unpaired) electrons. The van der Waals surface area contributed by atoms with E-state index in [1.165, 1.54) is 18.5 Å². The fourth-order valence-electron chi connectivity index (χ4n) is 2.03. The highest BCUT2D eigenvalue weighted by Gasteiger charge is 2.25. The summed E-state index contributed by atoms with van der Waals surface area (Å²) < 4.78 is 0. The molecule has 1 atom stereocenters. The monoisotopic (exact) mass is 233 g/mol. The largest absolute Gasteiger partial charge is 0.368 e. The normalized spacial score (nSPS) is 17.2. The van der Waals surface area contributed by atoms with Gasteiger partial charge in [0.2, 0.25) is 0 Å². The summed E-state index contributed by atoms with van der Waals surface area (Å²) in [5, 5.41) is 0. The van der Waals surface area contributed by atoms with Crippen LogP contribution in [0.5, 0.6) is 0 Å². The van der Waals surface area contributed by atoms with E-state index in [0.29, 0.717) is 6.04 Å². The predicted octanol–water partition coefficient (Wildman–Crippen LogP) is 2.73. The summed E-state index contributed by atoms with van der Waals surface area (Å²) in [6, 6.07) is 4.73. The molecule has 17 heavy (non-hydrogen) atoms. The molecular weight excluding hydrogens is 210 g/mol. The van der Waals surface area contributed by atoms with Gasteiger partial charge < -0.3 is 10.6 Å². The van der Waals surface area contributed by atoms with Gasteiger partial charge >= 0.3 is 0 Å². The predicted molar refractivity (Wildman–Crippen MR) is 72.0 cm³/mol. The molecule has 1 aliphatic rings. The van der Waals surface area contributed by atoms with Crippen molar-refractivity contribution in [1.82, 2.24) is 4.98 Å². The number of hydrogen-bond donors (Lipinski definition) is 1. The summed E-state index contributed by atoms with van der Waals surface area (Å²) in [5.74, 6) is 0.894. The molecule has 2 rings (SSSR count). The zero-order valence-electron chi connectivity index (χ0n) is 11.1. The summed E-state index contributed by atoms with van der Waals surface area (Å²) in [6.45, 7) is 7.60. The first-order valence-corrected chi connectivity index (χ1v) is 6.56. The van der Waals surface area contributed by atoms with Crippen molar-refractivity contribution in [2.45, 2.75) is 45.7 Å². The topological polar surface area (TPSA) is 42.1 Å². The SMILES string of the molecule is CC(C)N(CC1CC1)c1ccc([C@H](C)N)nc1. The van der Waals surface area contributed by atoms with Gasteiger partial charge in [-0.05, 0) is 51.7 Å². The number of hydrogen-bond acceptors (Lipinski definition) is 3. The van der Waals surface area contributed by atoms with Crippen molar-refractivity contribution in [3.05, 3.63) is 24.0 Å². The molecule has 0 aliphatic heterocycles. The smallest absolute Gasteiger partial charge is 0.0569 e. The van der Waals surface area contributed by atoms with Gasteiger partial charge in [0.25, 0.3) is 0 Å². The van der Waals surface area contributed by atoms with Crippen LogP contribution in [0.4, 0.5) is 5.69 Å². The highest BCUT2D eigenvalue weighted by atomic mass is 15.2. The Morgan fingerprint density at radius 1 is 1.35 bits per heavy atom. The fraction of sp³-hybridized carbons (Fsp3) is 0.643. The molecule has 1 saturated carbocycles. The Labute approximate surface area is 104 Å². The maximum atomic E-state index is 5.81. The first-order chi connectivity index (χ1) is 8.08. The van der Waals surface area contributed by atoms with E-state index in [2.05, 4.69) is 29.8 Å². The third-order valence-corrected chi connectivity index (χ3v) is 3.34. The molecule has 1 fully saturated rings. The van der Waals surface area contributed by atoms with E-state index in [0.717, 1.165) is 18.2 Å². The number of nitrogens with two attached hydrogens (primary N) is 1. The second-order valence-electron chi connectivity index (χ2n) is 5.42. The fourth-order valence-corrected chi connectivity index (χ4v) is 2.03. The average Bonchev–Trinajstić information content (AvgIpc) is 3.09. The zero-order chi connectivity index (χ0) is 12.4. The third kappa shape index (κ3) is 3.19. The van der Waals surface area contributed by atoms with E-state index in [9.17, 15) is 0 Å². The first-order valence-electron chi connectivity index (χ1n) is 6.56. The summed E-state index contributed by atoms with van der Waals surface area (Å²) in [6.07, 6.45) is 4.73. The number of rotatable bonds is 5. The Hall–Kier alpha value is -1.09. The maximum absolute atomic E-state index is 5.81. The molecule has 0 unspecified atom stereocenters. The molecule has 1 aromatic heterocycles. The molecule has 1 aromatic rings. The van der Waals surface area contributed by atoms with Crippen LogP contribution < -0.4 is 10.6 Å². The van der Waals surface area contributed by atoms with E-state index in [-0.39, 0.29) is 6.04 Å². The van der Waals surface area contributed by atoms with Crippen LogP contribution in [-0.4, -0.2) is 17.6 Å². The minimum Gasteiger partial charge on any atom is -0.368 e. The number of aromatic nitrogens is 1. The van der Waals surface area contributed by atoms with Crippen molar-refractivity contribution in [3.8, 4) is 0 Å². The lowest BCUT2D eigenvalue weighted by atomic mass is 10.2. The van der Waals surface area contributed by atoms with Crippen molar-refractivity contribution >= 4 is 5.69 Å². The van der Waals surface area contributed by atoms with Crippen LogP contribution in [0.1, 0.15) is 45.3 Å².